The first-order valence-electron chi connectivity index (χ1n) is 8.71. The minimum absolute atomic E-state index is 0.0553. The molecule has 0 aliphatic heterocycles. The average Bonchev–Trinajstić information content (AvgIpc) is 3.33. The van der Waals surface area contributed by atoms with E-state index >= 15 is 0 Å². The van der Waals surface area contributed by atoms with Crippen LogP contribution in [0, 0.1) is 0 Å². The van der Waals surface area contributed by atoms with Crippen LogP contribution in [0.25, 0.3) is 21.2 Å². The van der Waals surface area contributed by atoms with E-state index in [1.54, 1.807) is 18.0 Å². The molecule has 4 aromatic rings. The van der Waals surface area contributed by atoms with E-state index in [1.807, 2.05) is 42.6 Å². The van der Waals surface area contributed by atoms with E-state index in [9.17, 15) is 9.59 Å². The number of fused-ring (bicyclic) bond motifs is 2. The molecular formula is C20H19N3O3S. The topological polar surface area (TPSA) is 68.3 Å². The van der Waals surface area contributed by atoms with Gasteiger partial charge in [0.1, 0.15) is 16.2 Å². The predicted molar refractivity (Wildman–Crippen MR) is 106 cm³/mol. The lowest BCUT2D eigenvalue weighted by molar-refractivity contribution is -0.132. The van der Waals surface area contributed by atoms with Crippen LogP contribution < -0.4 is 5.56 Å². The van der Waals surface area contributed by atoms with Gasteiger partial charge in [0, 0.05) is 25.4 Å². The Kier molecular flexibility index (Phi) is 4.53. The Labute approximate surface area is 159 Å². The molecule has 138 valence electrons. The molecule has 1 atom stereocenters. The number of rotatable bonds is 5. The van der Waals surface area contributed by atoms with Crippen LogP contribution in [0.3, 0.4) is 0 Å². The summed E-state index contributed by atoms with van der Waals surface area (Å²) in [6.07, 6.45) is 1.73. The van der Waals surface area contributed by atoms with Gasteiger partial charge in [-0.05, 0) is 30.5 Å². The molecular weight excluding hydrogens is 362 g/mol. The number of amides is 1. The van der Waals surface area contributed by atoms with Crippen LogP contribution in [0.15, 0.2) is 57.3 Å². The molecule has 3 aromatic heterocycles. The van der Waals surface area contributed by atoms with Crippen LogP contribution in [0.4, 0.5) is 0 Å². The summed E-state index contributed by atoms with van der Waals surface area (Å²) >= 11 is 1.43. The first-order valence-corrected chi connectivity index (χ1v) is 9.59. The summed E-state index contributed by atoms with van der Waals surface area (Å²) in [5.74, 6) is 0.686. The van der Waals surface area contributed by atoms with E-state index < -0.39 is 0 Å². The van der Waals surface area contributed by atoms with Crippen LogP contribution in [0.2, 0.25) is 0 Å². The van der Waals surface area contributed by atoms with Crippen molar-refractivity contribution in [1.29, 1.82) is 0 Å². The Balaban J connectivity index is 1.46. The number of hydrogen-bond acceptors (Lipinski definition) is 5. The Hall–Kier alpha value is -2.93. The Morgan fingerprint density at radius 1 is 1.33 bits per heavy atom. The summed E-state index contributed by atoms with van der Waals surface area (Å²) in [7, 11) is 1.75. The van der Waals surface area contributed by atoms with Gasteiger partial charge < -0.3 is 9.32 Å². The van der Waals surface area contributed by atoms with E-state index in [0.717, 1.165) is 21.6 Å². The van der Waals surface area contributed by atoms with Crippen LogP contribution in [0.1, 0.15) is 25.1 Å². The van der Waals surface area contributed by atoms with E-state index in [2.05, 4.69) is 4.98 Å². The molecule has 7 heteroatoms. The highest BCUT2D eigenvalue weighted by atomic mass is 32.1. The molecule has 0 spiro atoms. The minimum Gasteiger partial charge on any atom is -0.459 e. The molecule has 0 N–H and O–H groups in total. The highest BCUT2D eigenvalue weighted by Crippen LogP contribution is 2.27. The van der Waals surface area contributed by atoms with Crippen LogP contribution in [0.5, 0.6) is 0 Å². The van der Waals surface area contributed by atoms with Crippen molar-refractivity contribution in [3.8, 4) is 0 Å². The van der Waals surface area contributed by atoms with E-state index in [0.29, 0.717) is 11.9 Å². The number of aryl methyl sites for hydroxylation is 1. The number of para-hydroxylation sites is 1. The molecule has 4 rings (SSSR count). The molecule has 0 aliphatic rings. The second-order valence-corrected chi connectivity index (χ2v) is 7.39. The lowest BCUT2D eigenvalue weighted by Crippen LogP contribution is -2.31. The zero-order valence-corrected chi connectivity index (χ0v) is 15.9. The molecule has 27 heavy (non-hydrogen) atoms. The number of benzene rings is 1. The number of furan rings is 1. The average molecular weight is 381 g/mol. The fourth-order valence-corrected chi connectivity index (χ4v) is 3.78. The molecule has 0 bridgehead atoms. The highest BCUT2D eigenvalue weighted by Gasteiger charge is 2.21. The van der Waals surface area contributed by atoms with Gasteiger partial charge in [0.15, 0.2) is 0 Å². The lowest BCUT2D eigenvalue weighted by atomic mass is 10.2. The lowest BCUT2D eigenvalue weighted by Gasteiger charge is -2.23. The van der Waals surface area contributed by atoms with E-state index in [1.165, 1.54) is 22.2 Å². The number of carbonyl (C=O) groups is 1. The third kappa shape index (κ3) is 3.26. The number of hydrogen-bond donors (Lipinski definition) is 0. The van der Waals surface area contributed by atoms with E-state index in [-0.39, 0.29) is 23.9 Å². The molecule has 1 unspecified atom stereocenters. The summed E-state index contributed by atoms with van der Waals surface area (Å²) in [6.45, 7) is 2.23. The Morgan fingerprint density at radius 3 is 2.96 bits per heavy atom. The van der Waals surface area contributed by atoms with Crippen LogP contribution in [-0.2, 0) is 11.3 Å². The van der Waals surface area contributed by atoms with Crippen LogP contribution >= 0.6 is 11.3 Å². The standard InChI is InChI=1S/C20H19N3O3S/c1-13(17-11-14-5-3-4-6-16(14)26-17)22(2)18(24)7-9-23-12-21-19-15(20(23)25)8-10-27-19/h3-6,8,10-13H,7,9H2,1-2H3. The Bertz CT molecular complexity index is 1140. The van der Waals surface area contributed by atoms with Gasteiger partial charge in [-0.15, -0.1) is 11.3 Å². The third-order valence-electron chi connectivity index (χ3n) is 4.85. The number of thiophene rings is 1. The first-order chi connectivity index (χ1) is 13.0. The largest absolute Gasteiger partial charge is 0.459 e. The fraction of sp³-hybridized carbons (Fsp3) is 0.250. The van der Waals surface area contributed by atoms with E-state index in [4.69, 9.17) is 4.42 Å². The zero-order valence-electron chi connectivity index (χ0n) is 15.1. The second-order valence-electron chi connectivity index (χ2n) is 6.50. The van der Waals surface area contributed by atoms with Crippen molar-refractivity contribution in [3.63, 3.8) is 0 Å². The maximum absolute atomic E-state index is 12.6. The summed E-state index contributed by atoms with van der Waals surface area (Å²) in [6, 6.07) is 11.3. The van der Waals surface area contributed by atoms with Gasteiger partial charge in [-0.2, -0.15) is 0 Å². The fourth-order valence-electron chi connectivity index (χ4n) is 3.06. The summed E-state index contributed by atoms with van der Waals surface area (Å²) < 4.78 is 7.36. The van der Waals surface area contributed by atoms with Crippen molar-refractivity contribution < 1.29 is 9.21 Å². The smallest absolute Gasteiger partial charge is 0.262 e. The third-order valence-corrected chi connectivity index (χ3v) is 5.67. The van der Waals surface area contributed by atoms with Gasteiger partial charge in [-0.1, -0.05) is 18.2 Å². The molecule has 0 saturated carbocycles. The van der Waals surface area contributed by atoms with Gasteiger partial charge in [0.25, 0.3) is 5.56 Å². The number of aromatic nitrogens is 2. The molecule has 1 aromatic carbocycles. The molecule has 0 fully saturated rings. The molecule has 1 amide bonds. The van der Waals surface area contributed by atoms with Crippen molar-refractivity contribution >= 4 is 38.4 Å². The SMILES string of the molecule is CC(c1cc2ccccc2o1)N(C)C(=O)CCn1cnc2sccc2c1=O. The maximum atomic E-state index is 12.6. The molecule has 6 nitrogen and oxygen atoms in total. The monoisotopic (exact) mass is 381 g/mol. The minimum atomic E-state index is -0.195. The first kappa shape index (κ1) is 17.5. The van der Waals surface area contributed by atoms with Crippen molar-refractivity contribution in [2.45, 2.75) is 25.9 Å². The van der Waals surface area contributed by atoms with Gasteiger partial charge in [-0.25, -0.2) is 4.98 Å². The molecule has 0 aliphatic carbocycles. The van der Waals surface area contributed by atoms with Crippen molar-refractivity contribution in [3.05, 3.63) is 64.2 Å². The number of carbonyl (C=O) groups excluding carboxylic acids is 1. The molecule has 0 saturated heterocycles. The summed E-state index contributed by atoms with van der Waals surface area (Å²) in [5.41, 5.74) is 0.698. The van der Waals surface area contributed by atoms with Gasteiger partial charge in [0.05, 0.1) is 17.8 Å². The highest BCUT2D eigenvalue weighted by molar-refractivity contribution is 7.16. The predicted octanol–water partition coefficient (Wildman–Crippen LogP) is 3.81. The summed E-state index contributed by atoms with van der Waals surface area (Å²) in [4.78, 5) is 31.7. The second kappa shape index (κ2) is 7.00. The van der Waals surface area contributed by atoms with Gasteiger partial charge in [0.2, 0.25) is 5.91 Å². The van der Waals surface area contributed by atoms with Gasteiger partial charge in [-0.3, -0.25) is 14.2 Å². The van der Waals surface area contributed by atoms with Gasteiger partial charge >= 0.3 is 0 Å². The van der Waals surface area contributed by atoms with Crippen LogP contribution in [-0.4, -0.2) is 27.4 Å². The number of nitrogens with zero attached hydrogens (tertiary/aromatic N) is 3. The van der Waals surface area contributed by atoms with Crippen molar-refractivity contribution in [1.82, 2.24) is 14.5 Å². The summed E-state index contributed by atoms with van der Waals surface area (Å²) in [5, 5.41) is 3.46. The molecule has 3 heterocycles. The maximum Gasteiger partial charge on any atom is 0.262 e. The quantitative estimate of drug-likeness (QED) is 0.527. The Morgan fingerprint density at radius 2 is 2.15 bits per heavy atom. The van der Waals surface area contributed by atoms with Crippen molar-refractivity contribution in [2.75, 3.05) is 7.05 Å². The normalized spacial score (nSPS) is 12.5. The zero-order chi connectivity index (χ0) is 19.0. The molecule has 0 radical (unpaired) electrons. The van der Waals surface area contributed by atoms with Crippen molar-refractivity contribution in [2.24, 2.45) is 0 Å².